The van der Waals surface area contributed by atoms with E-state index in [0.717, 1.165) is 5.56 Å². The lowest BCUT2D eigenvalue weighted by Gasteiger charge is -2.23. The molecule has 0 aromatic heterocycles. The summed E-state index contributed by atoms with van der Waals surface area (Å²) in [4.78, 5) is 50.3. The molecule has 10 nitrogen and oxygen atoms in total. The zero-order chi connectivity index (χ0) is 28.4. The second-order valence-electron chi connectivity index (χ2n) is 9.76. The number of alkyl carbamates (subject to hydrolysis) is 1. The van der Waals surface area contributed by atoms with Gasteiger partial charge in [0.2, 0.25) is 0 Å². The fourth-order valence-electron chi connectivity index (χ4n) is 3.48. The molecule has 0 bridgehead atoms. The molecule has 0 heterocycles. The molecular weight excluding hydrogens is 498 g/mol. The lowest BCUT2D eigenvalue weighted by molar-refractivity contribution is -0.124. The fraction of sp³-hybridized carbons (Fsp3) is 0.241. The van der Waals surface area contributed by atoms with Crippen LogP contribution in [-0.2, 0) is 22.5 Å². The summed E-state index contributed by atoms with van der Waals surface area (Å²) in [5, 5.41) is 5.37. The maximum atomic E-state index is 13.0. The van der Waals surface area contributed by atoms with Crippen LogP contribution in [0, 0.1) is 0 Å². The van der Waals surface area contributed by atoms with Gasteiger partial charge in [-0.15, -0.1) is 0 Å². The Kier molecular flexibility index (Phi) is 9.77. The first-order valence-electron chi connectivity index (χ1n) is 12.4. The molecule has 0 fully saturated rings. The Hall–Kier alpha value is -4.70. The lowest BCUT2D eigenvalue weighted by atomic mass is 10.0. The summed E-state index contributed by atoms with van der Waals surface area (Å²) >= 11 is 0. The molecule has 0 aliphatic heterocycles. The molecule has 39 heavy (non-hydrogen) atoms. The van der Waals surface area contributed by atoms with E-state index in [4.69, 9.17) is 10.5 Å². The van der Waals surface area contributed by atoms with Crippen LogP contribution in [0.15, 0.2) is 78.9 Å². The first kappa shape index (κ1) is 28.9. The summed E-state index contributed by atoms with van der Waals surface area (Å²) in [6, 6.07) is 21.2. The maximum absolute atomic E-state index is 13.0. The summed E-state index contributed by atoms with van der Waals surface area (Å²) in [5.74, 6) is -1.42. The van der Waals surface area contributed by atoms with Crippen LogP contribution in [0.3, 0.4) is 0 Å². The molecule has 3 aromatic carbocycles. The Morgan fingerprint density at radius 3 is 1.95 bits per heavy atom. The minimum absolute atomic E-state index is 0.0963. The monoisotopic (exact) mass is 531 g/mol. The molecular formula is C29H33N5O5. The van der Waals surface area contributed by atoms with Gasteiger partial charge in [0.1, 0.15) is 11.6 Å². The summed E-state index contributed by atoms with van der Waals surface area (Å²) in [6.07, 6.45) is -0.683. The van der Waals surface area contributed by atoms with Gasteiger partial charge in [0.15, 0.2) is 0 Å². The van der Waals surface area contributed by atoms with Crippen molar-refractivity contribution in [3.05, 3.63) is 101 Å². The topological polar surface area (TPSA) is 152 Å². The molecule has 1 atom stereocenters. The molecule has 3 rings (SSSR count). The number of hydrogen-bond donors (Lipinski definition) is 5. The molecule has 0 spiro atoms. The average molecular weight is 532 g/mol. The standard InChI is InChI=1S/C29H33N5O5/c1-29(2,3)39-28(38)32-24(27(37)34-33-26(36)22-13-9-20(18-30)10-14-22)17-19-11-15-23(16-12-19)31-25(35)21-7-5-4-6-8-21/h4-16,24H,17-18,30H2,1-3H3,(H,31,35)(H,32,38)(H,33,36)(H,34,37). The van der Waals surface area contributed by atoms with Gasteiger partial charge in [0.05, 0.1) is 0 Å². The quantitative estimate of drug-likeness (QED) is 0.281. The smallest absolute Gasteiger partial charge is 0.408 e. The van der Waals surface area contributed by atoms with Crippen molar-refractivity contribution >= 4 is 29.5 Å². The zero-order valence-electron chi connectivity index (χ0n) is 22.1. The molecule has 0 radical (unpaired) electrons. The molecule has 204 valence electrons. The highest BCUT2D eigenvalue weighted by Gasteiger charge is 2.25. The summed E-state index contributed by atoms with van der Waals surface area (Å²) < 4.78 is 5.30. The summed E-state index contributed by atoms with van der Waals surface area (Å²) in [6.45, 7) is 5.47. The number of amides is 4. The number of nitrogens with one attached hydrogen (secondary N) is 4. The second kappa shape index (κ2) is 13.2. The third kappa shape index (κ3) is 9.28. The molecule has 0 saturated carbocycles. The Balaban J connectivity index is 1.66. The normalized spacial score (nSPS) is 11.6. The first-order valence-corrected chi connectivity index (χ1v) is 12.4. The Bertz CT molecular complexity index is 1290. The number of carbonyl (C=O) groups is 4. The number of benzene rings is 3. The van der Waals surface area contributed by atoms with Crippen molar-refractivity contribution in [2.75, 3.05) is 5.32 Å². The number of hydrazine groups is 1. The van der Waals surface area contributed by atoms with Crippen LogP contribution in [0.5, 0.6) is 0 Å². The van der Waals surface area contributed by atoms with Gasteiger partial charge in [-0.2, -0.15) is 0 Å². The van der Waals surface area contributed by atoms with Crippen LogP contribution < -0.4 is 27.2 Å². The van der Waals surface area contributed by atoms with Crippen LogP contribution in [0.1, 0.15) is 52.6 Å². The summed E-state index contributed by atoms with van der Waals surface area (Å²) in [7, 11) is 0. The SMILES string of the molecule is CC(C)(C)OC(=O)NC(Cc1ccc(NC(=O)c2ccccc2)cc1)C(=O)NNC(=O)c1ccc(CN)cc1. The van der Waals surface area contributed by atoms with Gasteiger partial charge in [-0.25, -0.2) is 4.79 Å². The number of ether oxygens (including phenoxy) is 1. The van der Waals surface area contributed by atoms with Crippen molar-refractivity contribution in [1.82, 2.24) is 16.2 Å². The number of hydrogen-bond acceptors (Lipinski definition) is 6. The Labute approximate surface area is 227 Å². The molecule has 3 aromatic rings. The van der Waals surface area contributed by atoms with Gasteiger partial charge in [0, 0.05) is 29.8 Å². The van der Waals surface area contributed by atoms with Crippen molar-refractivity contribution in [3.63, 3.8) is 0 Å². The van der Waals surface area contributed by atoms with E-state index < -0.39 is 29.6 Å². The van der Waals surface area contributed by atoms with Crippen LogP contribution in [0.4, 0.5) is 10.5 Å². The maximum Gasteiger partial charge on any atom is 0.408 e. The highest BCUT2D eigenvalue weighted by atomic mass is 16.6. The van der Waals surface area contributed by atoms with Gasteiger partial charge in [-0.1, -0.05) is 42.5 Å². The van der Waals surface area contributed by atoms with Crippen LogP contribution in [0.25, 0.3) is 0 Å². The number of anilines is 1. The van der Waals surface area contributed by atoms with Gasteiger partial charge < -0.3 is 21.1 Å². The van der Waals surface area contributed by atoms with Gasteiger partial charge >= 0.3 is 6.09 Å². The molecule has 0 aliphatic rings. The van der Waals surface area contributed by atoms with E-state index in [1.807, 2.05) is 6.07 Å². The molecule has 10 heteroatoms. The van der Waals surface area contributed by atoms with Crippen LogP contribution >= 0.6 is 0 Å². The largest absolute Gasteiger partial charge is 0.444 e. The predicted molar refractivity (Wildman–Crippen MR) is 148 cm³/mol. The van der Waals surface area contributed by atoms with Crippen molar-refractivity contribution in [1.29, 1.82) is 0 Å². The molecule has 0 aliphatic carbocycles. The van der Waals surface area contributed by atoms with Crippen molar-refractivity contribution < 1.29 is 23.9 Å². The average Bonchev–Trinajstić information content (AvgIpc) is 2.91. The van der Waals surface area contributed by atoms with Gasteiger partial charge in [0.25, 0.3) is 17.7 Å². The summed E-state index contributed by atoms with van der Waals surface area (Å²) in [5.41, 5.74) is 12.5. The Morgan fingerprint density at radius 2 is 1.36 bits per heavy atom. The van der Waals surface area contributed by atoms with Crippen molar-refractivity contribution in [2.24, 2.45) is 5.73 Å². The Morgan fingerprint density at radius 1 is 0.769 bits per heavy atom. The highest BCUT2D eigenvalue weighted by Crippen LogP contribution is 2.14. The van der Waals surface area contributed by atoms with Crippen LogP contribution in [0.2, 0.25) is 0 Å². The molecule has 6 N–H and O–H groups in total. The van der Waals surface area contributed by atoms with E-state index in [0.29, 0.717) is 28.9 Å². The van der Waals surface area contributed by atoms with E-state index >= 15 is 0 Å². The third-order valence-corrected chi connectivity index (χ3v) is 5.45. The van der Waals surface area contributed by atoms with E-state index in [1.165, 1.54) is 0 Å². The minimum atomic E-state index is -1.07. The highest BCUT2D eigenvalue weighted by molar-refractivity contribution is 6.04. The second-order valence-corrected chi connectivity index (χ2v) is 9.76. The third-order valence-electron chi connectivity index (χ3n) is 5.45. The van der Waals surface area contributed by atoms with Gasteiger partial charge in [-0.05, 0) is 68.3 Å². The van der Waals surface area contributed by atoms with E-state index in [-0.39, 0.29) is 12.3 Å². The fourth-order valence-corrected chi connectivity index (χ4v) is 3.48. The van der Waals surface area contributed by atoms with E-state index in [2.05, 4.69) is 21.5 Å². The number of rotatable bonds is 8. The van der Waals surface area contributed by atoms with Crippen LogP contribution in [-0.4, -0.2) is 35.5 Å². The molecule has 4 amide bonds. The number of nitrogens with two attached hydrogens (primary N) is 1. The minimum Gasteiger partial charge on any atom is -0.444 e. The zero-order valence-corrected chi connectivity index (χ0v) is 22.1. The first-order chi connectivity index (χ1) is 18.5. The molecule has 1 unspecified atom stereocenters. The van der Waals surface area contributed by atoms with Crippen molar-refractivity contribution in [3.8, 4) is 0 Å². The van der Waals surface area contributed by atoms with E-state index in [1.54, 1.807) is 93.6 Å². The lowest BCUT2D eigenvalue weighted by Crippen LogP contribution is -2.53. The number of carbonyl (C=O) groups excluding carboxylic acids is 4. The molecule has 0 saturated heterocycles. The van der Waals surface area contributed by atoms with Crippen molar-refractivity contribution in [2.45, 2.75) is 45.4 Å². The predicted octanol–water partition coefficient (Wildman–Crippen LogP) is 3.29. The van der Waals surface area contributed by atoms with E-state index in [9.17, 15) is 19.2 Å². The van der Waals surface area contributed by atoms with Gasteiger partial charge in [-0.3, -0.25) is 25.2 Å².